The average molecular weight is 370 g/mol. The Bertz CT molecular complexity index is 872. The first-order valence-corrected chi connectivity index (χ1v) is 8.89. The van der Waals surface area contributed by atoms with Gasteiger partial charge in [-0.1, -0.05) is 12.1 Å². The molecule has 1 amide bonds. The lowest BCUT2D eigenvalue weighted by molar-refractivity contribution is -0.147. The third-order valence-electron chi connectivity index (χ3n) is 3.62. The first kappa shape index (κ1) is 17.9. The van der Waals surface area contributed by atoms with Gasteiger partial charge in [0.15, 0.2) is 6.61 Å². The zero-order valence-corrected chi connectivity index (χ0v) is 15.0. The molecule has 0 saturated heterocycles. The zero-order valence-electron chi connectivity index (χ0n) is 14.2. The summed E-state index contributed by atoms with van der Waals surface area (Å²) in [4.78, 5) is 28.1. The molecule has 0 saturated carbocycles. The molecule has 26 heavy (non-hydrogen) atoms. The standard InChI is InChI=1S/C19H18N2O4S/c1-24-14-8-6-13(7-9-14)20-17(22)12-25-19(23)11-10-18-21-15-4-2-3-5-16(15)26-18/h2-9H,10-12H2,1H3,(H,20,22). The minimum absolute atomic E-state index is 0.190. The lowest BCUT2D eigenvalue weighted by Gasteiger charge is -2.07. The molecule has 0 aliphatic rings. The van der Waals surface area contributed by atoms with Gasteiger partial charge < -0.3 is 14.8 Å². The number of rotatable bonds is 7. The lowest BCUT2D eigenvalue weighted by atomic mass is 10.3. The Hall–Kier alpha value is -2.93. The number of benzene rings is 2. The molecule has 1 N–H and O–H groups in total. The van der Waals surface area contributed by atoms with E-state index in [-0.39, 0.29) is 18.9 Å². The molecule has 0 unspecified atom stereocenters. The fourth-order valence-corrected chi connectivity index (χ4v) is 3.29. The predicted molar refractivity (Wildman–Crippen MR) is 101 cm³/mol. The summed E-state index contributed by atoms with van der Waals surface area (Å²) in [6.07, 6.45) is 0.688. The number of fused-ring (bicyclic) bond motifs is 1. The van der Waals surface area contributed by atoms with Crippen LogP contribution in [0.15, 0.2) is 48.5 Å². The highest BCUT2D eigenvalue weighted by atomic mass is 32.1. The molecule has 0 atom stereocenters. The normalized spacial score (nSPS) is 10.5. The number of para-hydroxylation sites is 1. The maximum atomic E-state index is 11.8. The van der Waals surface area contributed by atoms with Gasteiger partial charge in [-0.15, -0.1) is 11.3 Å². The van der Waals surface area contributed by atoms with Crippen molar-refractivity contribution in [1.82, 2.24) is 4.98 Å². The van der Waals surface area contributed by atoms with Crippen molar-refractivity contribution < 1.29 is 19.1 Å². The summed E-state index contributed by atoms with van der Waals surface area (Å²) < 4.78 is 11.2. The lowest BCUT2D eigenvalue weighted by Crippen LogP contribution is -2.21. The fraction of sp³-hybridized carbons (Fsp3) is 0.211. The maximum Gasteiger partial charge on any atom is 0.306 e. The molecule has 2 aromatic carbocycles. The number of nitrogens with one attached hydrogen (secondary N) is 1. The van der Waals surface area contributed by atoms with Gasteiger partial charge in [0, 0.05) is 12.1 Å². The highest BCUT2D eigenvalue weighted by Crippen LogP contribution is 2.22. The summed E-state index contributed by atoms with van der Waals surface area (Å²) >= 11 is 1.56. The first-order valence-electron chi connectivity index (χ1n) is 8.08. The van der Waals surface area contributed by atoms with Crippen LogP contribution in [0.4, 0.5) is 5.69 Å². The third kappa shape index (κ3) is 4.80. The molecular formula is C19H18N2O4S. The smallest absolute Gasteiger partial charge is 0.306 e. The summed E-state index contributed by atoms with van der Waals surface area (Å²) in [5.74, 6) is -0.109. The Morgan fingerprint density at radius 2 is 1.88 bits per heavy atom. The van der Waals surface area contributed by atoms with E-state index in [1.165, 1.54) is 0 Å². The van der Waals surface area contributed by atoms with Crippen LogP contribution in [0.25, 0.3) is 10.2 Å². The first-order chi connectivity index (χ1) is 12.6. The summed E-state index contributed by atoms with van der Waals surface area (Å²) in [5.41, 5.74) is 1.54. The Balaban J connectivity index is 1.42. The van der Waals surface area contributed by atoms with Crippen LogP contribution in [0, 0.1) is 0 Å². The molecule has 3 rings (SSSR count). The number of anilines is 1. The second-order valence-corrected chi connectivity index (χ2v) is 6.63. The number of ether oxygens (including phenoxy) is 2. The van der Waals surface area contributed by atoms with E-state index in [0.717, 1.165) is 15.2 Å². The van der Waals surface area contributed by atoms with Crippen LogP contribution in [0.3, 0.4) is 0 Å². The number of carbonyl (C=O) groups is 2. The molecule has 3 aromatic rings. The van der Waals surface area contributed by atoms with Crippen molar-refractivity contribution in [3.8, 4) is 5.75 Å². The number of hydrogen-bond donors (Lipinski definition) is 1. The van der Waals surface area contributed by atoms with Crippen LogP contribution in [0.1, 0.15) is 11.4 Å². The van der Waals surface area contributed by atoms with Gasteiger partial charge in [-0.3, -0.25) is 9.59 Å². The molecule has 6 nitrogen and oxygen atoms in total. The number of thiazole rings is 1. The van der Waals surface area contributed by atoms with Crippen molar-refractivity contribution in [3.05, 3.63) is 53.5 Å². The molecule has 0 bridgehead atoms. The number of aromatic nitrogens is 1. The molecule has 7 heteroatoms. The van der Waals surface area contributed by atoms with E-state index in [9.17, 15) is 9.59 Å². The molecule has 0 fully saturated rings. The predicted octanol–water partition coefficient (Wildman–Crippen LogP) is 3.42. The van der Waals surface area contributed by atoms with Gasteiger partial charge in [0.1, 0.15) is 5.75 Å². The van der Waals surface area contributed by atoms with Gasteiger partial charge in [0.05, 0.1) is 28.8 Å². The van der Waals surface area contributed by atoms with E-state index < -0.39 is 5.97 Å². The molecular weight excluding hydrogens is 352 g/mol. The highest BCUT2D eigenvalue weighted by Gasteiger charge is 2.10. The largest absolute Gasteiger partial charge is 0.497 e. The van der Waals surface area contributed by atoms with Crippen molar-refractivity contribution in [2.24, 2.45) is 0 Å². The molecule has 0 aliphatic carbocycles. The van der Waals surface area contributed by atoms with Crippen LogP contribution >= 0.6 is 11.3 Å². The number of aryl methyl sites for hydroxylation is 1. The number of methoxy groups -OCH3 is 1. The van der Waals surface area contributed by atoms with Crippen LogP contribution in [0.2, 0.25) is 0 Å². The van der Waals surface area contributed by atoms with Crippen LogP contribution in [0.5, 0.6) is 5.75 Å². The topological polar surface area (TPSA) is 77.5 Å². The Morgan fingerprint density at radius 1 is 1.12 bits per heavy atom. The number of nitrogens with zero attached hydrogens (tertiary/aromatic N) is 1. The van der Waals surface area contributed by atoms with Crippen LogP contribution in [-0.2, 0) is 20.7 Å². The molecule has 0 spiro atoms. The number of hydrogen-bond acceptors (Lipinski definition) is 6. The average Bonchev–Trinajstić information content (AvgIpc) is 3.08. The summed E-state index contributed by atoms with van der Waals surface area (Å²) in [6.45, 7) is -0.315. The molecule has 1 aromatic heterocycles. The van der Waals surface area contributed by atoms with Gasteiger partial charge in [0.2, 0.25) is 0 Å². The minimum Gasteiger partial charge on any atom is -0.497 e. The fourth-order valence-electron chi connectivity index (χ4n) is 2.33. The van der Waals surface area contributed by atoms with Gasteiger partial charge in [-0.2, -0.15) is 0 Å². The third-order valence-corrected chi connectivity index (χ3v) is 4.72. The molecule has 0 radical (unpaired) electrons. The Labute approximate surface area is 154 Å². The van der Waals surface area contributed by atoms with E-state index in [1.807, 2.05) is 24.3 Å². The van der Waals surface area contributed by atoms with Crippen molar-refractivity contribution in [2.75, 3.05) is 19.0 Å². The highest BCUT2D eigenvalue weighted by molar-refractivity contribution is 7.18. The van der Waals surface area contributed by atoms with E-state index in [2.05, 4.69) is 10.3 Å². The quantitative estimate of drug-likeness (QED) is 0.645. The monoisotopic (exact) mass is 370 g/mol. The Kier molecular flexibility index (Phi) is 5.80. The van der Waals surface area contributed by atoms with Gasteiger partial charge in [0.25, 0.3) is 5.91 Å². The maximum absolute atomic E-state index is 11.8. The van der Waals surface area contributed by atoms with Crippen molar-refractivity contribution in [1.29, 1.82) is 0 Å². The zero-order chi connectivity index (χ0) is 18.4. The van der Waals surface area contributed by atoms with Crippen LogP contribution in [-0.4, -0.2) is 30.6 Å². The number of carbonyl (C=O) groups excluding carboxylic acids is 2. The summed E-state index contributed by atoms with van der Waals surface area (Å²) in [6, 6.07) is 14.7. The van der Waals surface area contributed by atoms with Crippen LogP contribution < -0.4 is 10.1 Å². The Morgan fingerprint density at radius 3 is 2.62 bits per heavy atom. The minimum atomic E-state index is -0.422. The molecule has 1 heterocycles. The molecule has 0 aliphatic heterocycles. The van der Waals surface area contributed by atoms with E-state index >= 15 is 0 Å². The van der Waals surface area contributed by atoms with Gasteiger partial charge >= 0.3 is 5.97 Å². The second-order valence-electron chi connectivity index (χ2n) is 5.51. The summed E-state index contributed by atoms with van der Waals surface area (Å²) in [7, 11) is 1.57. The summed E-state index contributed by atoms with van der Waals surface area (Å²) in [5, 5.41) is 3.54. The SMILES string of the molecule is COc1ccc(NC(=O)COC(=O)CCc2nc3ccccc3s2)cc1. The molecule has 134 valence electrons. The second kappa shape index (κ2) is 8.44. The van der Waals surface area contributed by atoms with E-state index in [4.69, 9.17) is 9.47 Å². The van der Waals surface area contributed by atoms with Crippen molar-refractivity contribution in [3.63, 3.8) is 0 Å². The van der Waals surface area contributed by atoms with Gasteiger partial charge in [-0.25, -0.2) is 4.98 Å². The van der Waals surface area contributed by atoms with E-state index in [1.54, 1.807) is 42.7 Å². The van der Waals surface area contributed by atoms with E-state index in [0.29, 0.717) is 17.9 Å². The van der Waals surface area contributed by atoms with Gasteiger partial charge in [-0.05, 0) is 36.4 Å². The number of amides is 1. The van der Waals surface area contributed by atoms with Crippen molar-refractivity contribution >= 4 is 39.1 Å². The number of esters is 1. The van der Waals surface area contributed by atoms with Crippen molar-refractivity contribution in [2.45, 2.75) is 12.8 Å².